The Hall–Kier alpha value is -3.11. The van der Waals surface area contributed by atoms with Crippen LogP contribution in [0.5, 0.6) is 5.75 Å². The molecule has 0 fully saturated rings. The fourth-order valence-electron chi connectivity index (χ4n) is 2.62. The molecule has 1 aromatic heterocycles. The van der Waals surface area contributed by atoms with Crippen molar-refractivity contribution >= 4 is 5.95 Å². The van der Waals surface area contributed by atoms with Gasteiger partial charge in [-0.2, -0.15) is 5.26 Å². The third-order valence-electron chi connectivity index (χ3n) is 3.74. The number of aliphatic hydroxyl groups is 1. The van der Waals surface area contributed by atoms with E-state index in [-0.39, 0.29) is 11.5 Å². The second kappa shape index (κ2) is 6.18. The Balaban J connectivity index is 1.98. The van der Waals surface area contributed by atoms with Gasteiger partial charge in [0.25, 0.3) is 0 Å². The van der Waals surface area contributed by atoms with Crippen molar-refractivity contribution in [1.29, 1.82) is 5.26 Å². The summed E-state index contributed by atoms with van der Waals surface area (Å²) in [5.41, 5.74) is 5.68. The SMILES string of the molecule is COc1ccc(C2NN(c3nc(C)cc(C)n3)C(O)=C2C#N)cc1. The summed E-state index contributed by atoms with van der Waals surface area (Å²) in [6.07, 6.45) is 0. The summed E-state index contributed by atoms with van der Waals surface area (Å²) in [5.74, 6) is 0.829. The van der Waals surface area contributed by atoms with Crippen LogP contribution in [0.1, 0.15) is 23.0 Å². The normalized spacial score (nSPS) is 17.1. The molecule has 0 saturated carbocycles. The number of nitrogens with zero attached hydrogens (tertiary/aromatic N) is 4. The number of aromatic nitrogens is 2. The topological polar surface area (TPSA) is 94.3 Å². The minimum absolute atomic E-state index is 0.191. The van der Waals surface area contributed by atoms with Gasteiger partial charge in [0, 0.05) is 11.4 Å². The van der Waals surface area contributed by atoms with Crippen LogP contribution < -0.4 is 15.2 Å². The molecule has 7 nitrogen and oxygen atoms in total. The Morgan fingerprint density at radius 2 is 1.83 bits per heavy atom. The van der Waals surface area contributed by atoms with Crippen LogP contribution in [0.4, 0.5) is 5.95 Å². The number of nitrogens with one attached hydrogen (secondary N) is 1. The highest BCUT2D eigenvalue weighted by Gasteiger charge is 2.35. The molecule has 24 heavy (non-hydrogen) atoms. The fraction of sp³-hybridized carbons (Fsp3) is 0.235. The van der Waals surface area contributed by atoms with E-state index in [2.05, 4.69) is 21.5 Å². The van der Waals surface area contributed by atoms with E-state index in [9.17, 15) is 10.4 Å². The molecule has 0 radical (unpaired) electrons. The van der Waals surface area contributed by atoms with Crippen molar-refractivity contribution in [2.24, 2.45) is 0 Å². The average molecular weight is 323 g/mol. The van der Waals surface area contributed by atoms with Crippen LogP contribution in [-0.4, -0.2) is 22.2 Å². The van der Waals surface area contributed by atoms with Crippen LogP contribution in [0.2, 0.25) is 0 Å². The summed E-state index contributed by atoms with van der Waals surface area (Å²) in [4.78, 5) is 8.64. The third-order valence-corrected chi connectivity index (χ3v) is 3.74. The molecule has 1 atom stereocenters. The summed E-state index contributed by atoms with van der Waals surface area (Å²) >= 11 is 0. The first-order chi connectivity index (χ1) is 11.5. The molecule has 0 saturated heterocycles. The molecule has 3 rings (SSSR count). The van der Waals surface area contributed by atoms with Crippen LogP contribution in [0.15, 0.2) is 41.8 Å². The Labute approximate surface area is 139 Å². The lowest BCUT2D eigenvalue weighted by atomic mass is 10.0. The number of benzene rings is 1. The molecule has 2 aromatic rings. The first-order valence-corrected chi connectivity index (χ1v) is 7.39. The number of nitriles is 1. The number of methoxy groups -OCH3 is 1. The predicted octanol–water partition coefficient (Wildman–Crippen LogP) is 2.46. The molecule has 2 N–H and O–H groups in total. The average Bonchev–Trinajstić information content (AvgIpc) is 2.90. The zero-order valence-corrected chi connectivity index (χ0v) is 13.6. The van der Waals surface area contributed by atoms with Gasteiger partial charge in [0.2, 0.25) is 11.8 Å². The van der Waals surface area contributed by atoms with Crippen LogP contribution in [0.25, 0.3) is 0 Å². The van der Waals surface area contributed by atoms with E-state index >= 15 is 0 Å². The predicted molar refractivity (Wildman–Crippen MR) is 88.1 cm³/mol. The second-order valence-electron chi connectivity index (χ2n) is 5.47. The monoisotopic (exact) mass is 323 g/mol. The van der Waals surface area contributed by atoms with E-state index in [0.717, 1.165) is 22.7 Å². The quantitative estimate of drug-likeness (QED) is 0.896. The first-order valence-electron chi connectivity index (χ1n) is 7.39. The lowest BCUT2D eigenvalue weighted by Gasteiger charge is -2.19. The molecule has 1 aromatic carbocycles. The molecule has 2 heterocycles. The lowest BCUT2D eigenvalue weighted by Crippen LogP contribution is -2.35. The summed E-state index contributed by atoms with van der Waals surface area (Å²) < 4.78 is 5.15. The van der Waals surface area contributed by atoms with E-state index in [1.165, 1.54) is 5.01 Å². The highest BCUT2D eigenvalue weighted by molar-refractivity contribution is 5.51. The Kier molecular flexibility index (Phi) is 4.06. The van der Waals surface area contributed by atoms with Gasteiger partial charge in [-0.1, -0.05) is 12.1 Å². The van der Waals surface area contributed by atoms with Gasteiger partial charge >= 0.3 is 0 Å². The number of ether oxygens (including phenoxy) is 1. The fourth-order valence-corrected chi connectivity index (χ4v) is 2.62. The largest absolute Gasteiger partial charge is 0.497 e. The number of hydrogen-bond donors (Lipinski definition) is 2. The summed E-state index contributed by atoms with van der Waals surface area (Å²) in [6, 6.07) is 10.7. The van der Waals surface area contributed by atoms with E-state index in [0.29, 0.717) is 5.95 Å². The minimum Gasteiger partial charge on any atom is -0.497 e. The summed E-state index contributed by atoms with van der Waals surface area (Å²) in [5, 5.41) is 21.2. The van der Waals surface area contributed by atoms with Crippen LogP contribution in [-0.2, 0) is 0 Å². The lowest BCUT2D eigenvalue weighted by molar-refractivity contribution is 0.385. The standard InChI is InChI=1S/C17H17N5O2/c1-10-8-11(2)20-17(19-10)22-16(23)14(9-18)15(21-22)12-4-6-13(24-3)7-5-12/h4-8,15,21,23H,1-3H3. The number of rotatable bonds is 3. The molecule has 0 spiro atoms. The maximum absolute atomic E-state index is 10.4. The van der Waals surface area contributed by atoms with E-state index in [1.54, 1.807) is 19.2 Å². The number of aryl methyl sites for hydroxylation is 2. The van der Waals surface area contributed by atoms with Crippen molar-refractivity contribution < 1.29 is 9.84 Å². The van der Waals surface area contributed by atoms with E-state index in [1.807, 2.05) is 32.0 Å². The number of aliphatic hydroxyl groups excluding tert-OH is 1. The highest BCUT2D eigenvalue weighted by atomic mass is 16.5. The number of hydrogen-bond acceptors (Lipinski definition) is 7. The van der Waals surface area contributed by atoms with Crippen LogP contribution >= 0.6 is 0 Å². The number of hydrazine groups is 1. The van der Waals surface area contributed by atoms with Gasteiger partial charge in [-0.3, -0.25) is 0 Å². The molecular weight excluding hydrogens is 306 g/mol. The van der Waals surface area contributed by atoms with Crippen molar-refractivity contribution in [3.8, 4) is 11.8 Å². The molecular formula is C17H17N5O2. The summed E-state index contributed by atoms with van der Waals surface area (Å²) in [7, 11) is 1.59. The van der Waals surface area contributed by atoms with Crippen LogP contribution in [0.3, 0.4) is 0 Å². The van der Waals surface area contributed by atoms with Gasteiger partial charge in [0.15, 0.2) is 0 Å². The smallest absolute Gasteiger partial charge is 0.247 e. The van der Waals surface area contributed by atoms with Crippen molar-refractivity contribution in [3.05, 3.63) is 58.7 Å². The third kappa shape index (κ3) is 2.75. The van der Waals surface area contributed by atoms with Crippen molar-refractivity contribution in [3.63, 3.8) is 0 Å². The number of anilines is 1. The molecule has 122 valence electrons. The van der Waals surface area contributed by atoms with E-state index < -0.39 is 6.04 Å². The van der Waals surface area contributed by atoms with Gasteiger partial charge < -0.3 is 9.84 Å². The Bertz CT molecular complexity index is 819. The van der Waals surface area contributed by atoms with Crippen LogP contribution in [0, 0.1) is 25.2 Å². The molecule has 0 amide bonds. The maximum Gasteiger partial charge on any atom is 0.247 e. The molecule has 0 aliphatic carbocycles. The van der Waals surface area contributed by atoms with Gasteiger partial charge in [-0.05, 0) is 37.6 Å². The maximum atomic E-state index is 10.4. The molecule has 7 heteroatoms. The van der Waals surface area contributed by atoms with Crippen molar-refractivity contribution in [2.45, 2.75) is 19.9 Å². The van der Waals surface area contributed by atoms with Crippen molar-refractivity contribution in [1.82, 2.24) is 15.4 Å². The minimum atomic E-state index is -0.481. The molecule has 1 unspecified atom stereocenters. The molecule has 1 aliphatic heterocycles. The summed E-state index contributed by atoms with van der Waals surface area (Å²) in [6.45, 7) is 3.70. The van der Waals surface area contributed by atoms with Gasteiger partial charge in [-0.15, -0.1) is 0 Å². The second-order valence-corrected chi connectivity index (χ2v) is 5.47. The Morgan fingerprint density at radius 3 is 2.38 bits per heavy atom. The van der Waals surface area contributed by atoms with E-state index in [4.69, 9.17) is 4.74 Å². The van der Waals surface area contributed by atoms with Gasteiger partial charge in [0.05, 0.1) is 13.2 Å². The zero-order valence-electron chi connectivity index (χ0n) is 13.6. The molecule has 1 aliphatic rings. The van der Waals surface area contributed by atoms with Gasteiger partial charge in [-0.25, -0.2) is 20.4 Å². The zero-order chi connectivity index (χ0) is 17.3. The first kappa shape index (κ1) is 15.8. The molecule has 0 bridgehead atoms. The highest BCUT2D eigenvalue weighted by Crippen LogP contribution is 2.33. The van der Waals surface area contributed by atoms with Gasteiger partial charge in [0.1, 0.15) is 17.4 Å². The Morgan fingerprint density at radius 1 is 1.21 bits per heavy atom. The van der Waals surface area contributed by atoms with Crippen molar-refractivity contribution in [2.75, 3.05) is 12.1 Å².